The Bertz CT molecular complexity index is 372. The molecule has 0 fully saturated rings. The summed E-state index contributed by atoms with van der Waals surface area (Å²) in [6.45, 7) is 7.84. The molecule has 0 aromatic heterocycles. The summed E-state index contributed by atoms with van der Waals surface area (Å²) in [6.07, 6.45) is 5.91. The minimum Gasteiger partial charge on any atom is -0.458 e. The second-order valence-electron chi connectivity index (χ2n) is 3.27. The lowest BCUT2D eigenvalue weighted by molar-refractivity contribution is 0.446. The fourth-order valence-electron chi connectivity index (χ4n) is 1.23. The minimum atomic E-state index is 0.650. The average molecular weight is 200 g/mol. The lowest BCUT2D eigenvalue weighted by Gasteiger charge is -2.04. The summed E-state index contributed by atoms with van der Waals surface area (Å²) in [4.78, 5) is 0. The number of benzene rings is 1. The van der Waals surface area contributed by atoms with Gasteiger partial charge < -0.3 is 4.74 Å². The zero-order chi connectivity index (χ0) is 11.1. The maximum absolute atomic E-state index is 5.53. The van der Waals surface area contributed by atoms with E-state index >= 15 is 0 Å². The van der Waals surface area contributed by atoms with Crippen LogP contribution >= 0.6 is 0 Å². The van der Waals surface area contributed by atoms with Crippen molar-refractivity contribution in [1.29, 1.82) is 0 Å². The van der Waals surface area contributed by atoms with Gasteiger partial charge >= 0.3 is 0 Å². The molecule has 1 rings (SSSR count). The molecule has 1 nitrogen and oxygen atoms in total. The molecule has 1 heteroatoms. The van der Waals surface area contributed by atoms with Gasteiger partial charge in [0.1, 0.15) is 11.5 Å². The van der Waals surface area contributed by atoms with Crippen LogP contribution < -0.4 is 4.74 Å². The molecule has 15 heavy (non-hydrogen) atoms. The Hall–Kier alpha value is -1.76. The molecule has 0 radical (unpaired) electrons. The summed E-state index contributed by atoms with van der Waals surface area (Å²) in [7, 11) is 0. The van der Waals surface area contributed by atoms with Gasteiger partial charge in [0.15, 0.2) is 0 Å². The van der Waals surface area contributed by atoms with E-state index in [1.54, 1.807) is 0 Å². The third-order valence-corrected chi connectivity index (χ3v) is 1.81. The minimum absolute atomic E-state index is 0.650. The third-order valence-electron chi connectivity index (χ3n) is 1.81. The summed E-state index contributed by atoms with van der Waals surface area (Å²) < 4.78 is 5.53. The maximum Gasteiger partial charge on any atom is 0.127 e. The molecule has 1 aromatic carbocycles. The van der Waals surface area contributed by atoms with Crippen molar-refractivity contribution < 1.29 is 4.74 Å². The van der Waals surface area contributed by atoms with Crippen molar-refractivity contribution in [3.05, 3.63) is 66.5 Å². The Morgan fingerprint density at radius 1 is 1.27 bits per heavy atom. The van der Waals surface area contributed by atoms with E-state index in [1.165, 1.54) is 0 Å². The molecular formula is C14H16O. The molecule has 0 aliphatic rings. The van der Waals surface area contributed by atoms with Crippen molar-refractivity contribution in [3.63, 3.8) is 0 Å². The second kappa shape index (κ2) is 5.86. The first-order valence-electron chi connectivity index (χ1n) is 4.95. The highest BCUT2D eigenvalue weighted by atomic mass is 16.5. The van der Waals surface area contributed by atoms with Crippen LogP contribution in [0.4, 0.5) is 0 Å². The normalized spacial score (nSPS) is 11.7. The quantitative estimate of drug-likeness (QED) is 0.525. The summed E-state index contributed by atoms with van der Waals surface area (Å²) in [5.74, 6) is 1.46. The van der Waals surface area contributed by atoms with Crippen LogP contribution in [-0.2, 0) is 0 Å². The summed E-state index contributed by atoms with van der Waals surface area (Å²) in [6, 6.07) is 9.64. The van der Waals surface area contributed by atoms with E-state index in [1.807, 2.05) is 62.4 Å². The van der Waals surface area contributed by atoms with Crippen molar-refractivity contribution in [1.82, 2.24) is 0 Å². The topological polar surface area (TPSA) is 9.23 Å². The molecule has 0 unspecified atom stereocenters. The molecule has 0 aliphatic carbocycles. The largest absolute Gasteiger partial charge is 0.458 e. The van der Waals surface area contributed by atoms with Crippen molar-refractivity contribution in [2.75, 3.05) is 0 Å². The summed E-state index contributed by atoms with van der Waals surface area (Å²) in [5, 5.41) is 0. The van der Waals surface area contributed by atoms with Gasteiger partial charge in [-0.15, -0.1) is 0 Å². The van der Waals surface area contributed by atoms with Crippen molar-refractivity contribution in [2.45, 2.75) is 13.8 Å². The van der Waals surface area contributed by atoms with Crippen LogP contribution in [0.1, 0.15) is 13.8 Å². The van der Waals surface area contributed by atoms with Gasteiger partial charge in [0.25, 0.3) is 0 Å². The fraction of sp³-hybridized carbons (Fsp3) is 0.143. The first-order chi connectivity index (χ1) is 7.22. The number of allylic oxidation sites excluding steroid dienone is 4. The lowest BCUT2D eigenvalue weighted by atomic mass is 10.2. The number of hydrogen-bond acceptors (Lipinski definition) is 1. The zero-order valence-corrected chi connectivity index (χ0v) is 9.23. The van der Waals surface area contributed by atoms with Crippen LogP contribution in [0, 0.1) is 0 Å². The Morgan fingerprint density at radius 2 is 1.93 bits per heavy atom. The molecule has 0 atom stereocenters. The van der Waals surface area contributed by atoms with Crippen LogP contribution in [0.5, 0.6) is 5.75 Å². The van der Waals surface area contributed by atoms with Gasteiger partial charge in [0.2, 0.25) is 0 Å². The Morgan fingerprint density at radius 3 is 2.53 bits per heavy atom. The van der Waals surface area contributed by atoms with Crippen LogP contribution in [-0.4, -0.2) is 0 Å². The Kier molecular flexibility index (Phi) is 4.42. The van der Waals surface area contributed by atoms with E-state index in [9.17, 15) is 0 Å². The monoisotopic (exact) mass is 200 g/mol. The molecule has 0 aliphatic heterocycles. The Balaban J connectivity index is 2.61. The van der Waals surface area contributed by atoms with Gasteiger partial charge in [-0.05, 0) is 37.6 Å². The lowest BCUT2D eigenvalue weighted by Crippen LogP contribution is -1.90. The predicted molar refractivity (Wildman–Crippen MR) is 64.8 cm³/mol. The van der Waals surface area contributed by atoms with E-state index in [0.717, 1.165) is 11.3 Å². The molecule has 0 N–H and O–H groups in total. The van der Waals surface area contributed by atoms with Crippen molar-refractivity contribution in [3.8, 4) is 5.75 Å². The number of ether oxygens (including phenoxy) is 1. The third kappa shape index (κ3) is 4.32. The highest BCUT2D eigenvalue weighted by molar-refractivity contribution is 5.29. The van der Waals surface area contributed by atoms with Crippen molar-refractivity contribution >= 4 is 0 Å². The number of hydrogen-bond donors (Lipinski definition) is 0. The van der Waals surface area contributed by atoms with E-state index in [0.29, 0.717) is 5.76 Å². The summed E-state index contributed by atoms with van der Waals surface area (Å²) in [5.41, 5.74) is 1.12. The first-order valence-corrected chi connectivity index (χ1v) is 4.95. The first kappa shape index (κ1) is 11.3. The second-order valence-corrected chi connectivity index (χ2v) is 3.27. The average Bonchev–Trinajstić information content (AvgIpc) is 2.19. The maximum atomic E-state index is 5.53. The fourth-order valence-corrected chi connectivity index (χ4v) is 1.23. The molecule has 0 heterocycles. The Labute approximate surface area is 91.4 Å². The zero-order valence-electron chi connectivity index (χ0n) is 9.23. The molecule has 0 amide bonds. The predicted octanol–water partition coefficient (Wildman–Crippen LogP) is 4.10. The van der Waals surface area contributed by atoms with E-state index < -0.39 is 0 Å². The molecule has 1 aromatic rings. The van der Waals surface area contributed by atoms with Crippen LogP contribution in [0.15, 0.2) is 66.5 Å². The molecule has 0 bridgehead atoms. The SMILES string of the molecule is C=C(/C=C(C)\C=C/C)Oc1ccccc1. The van der Waals surface area contributed by atoms with Gasteiger partial charge in [0, 0.05) is 0 Å². The number of rotatable bonds is 4. The van der Waals surface area contributed by atoms with Crippen LogP contribution in [0.2, 0.25) is 0 Å². The smallest absolute Gasteiger partial charge is 0.127 e. The highest BCUT2D eigenvalue weighted by Crippen LogP contribution is 2.13. The van der Waals surface area contributed by atoms with Gasteiger partial charge in [-0.2, -0.15) is 0 Å². The number of para-hydroxylation sites is 1. The van der Waals surface area contributed by atoms with Gasteiger partial charge in [-0.25, -0.2) is 0 Å². The van der Waals surface area contributed by atoms with E-state index in [-0.39, 0.29) is 0 Å². The highest BCUT2D eigenvalue weighted by Gasteiger charge is 1.93. The van der Waals surface area contributed by atoms with Crippen LogP contribution in [0.25, 0.3) is 0 Å². The molecule has 0 saturated carbocycles. The standard InChI is InChI=1S/C14H16O/c1-4-8-12(2)11-13(3)15-14-9-6-5-7-10-14/h4-11H,3H2,1-2H3/b8-4-,12-11-. The molecule has 0 saturated heterocycles. The van der Waals surface area contributed by atoms with Gasteiger partial charge in [-0.3, -0.25) is 0 Å². The molecule has 0 spiro atoms. The van der Waals surface area contributed by atoms with Gasteiger partial charge in [0.05, 0.1) is 0 Å². The van der Waals surface area contributed by atoms with E-state index in [4.69, 9.17) is 4.74 Å². The molecular weight excluding hydrogens is 184 g/mol. The van der Waals surface area contributed by atoms with Crippen LogP contribution in [0.3, 0.4) is 0 Å². The molecule has 78 valence electrons. The van der Waals surface area contributed by atoms with Gasteiger partial charge in [-0.1, -0.05) is 36.9 Å². The summed E-state index contributed by atoms with van der Waals surface area (Å²) >= 11 is 0. The van der Waals surface area contributed by atoms with E-state index in [2.05, 4.69) is 6.58 Å². The van der Waals surface area contributed by atoms with Crippen molar-refractivity contribution in [2.24, 2.45) is 0 Å².